The van der Waals surface area contributed by atoms with Crippen molar-refractivity contribution >= 4 is 5.97 Å². The molecule has 306 valence electrons. The summed E-state index contributed by atoms with van der Waals surface area (Å²) in [7, 11) is 1.51. The molecule has 1 unspecified atom stereocenters. The lowest BCUT2D eigenvalue weighted by atomic mass is 9.77. The van der Waals surface area contributed by atoms with Crippen LogP contribution in [-0.4, -0.2) is 147 Å². The van der Waals surface area contributed by atoms with E-state index in [0.29, 0.717) is 38.9 Å². The van der Waals surface area contributed by atoms with Crippen LogP contribution in [0.2, 0.25) is 0 Å². The summed E-state index contributed by atoms with van der Waals surface area (Å²) in [6, 6.07) is -0.561. The number of rotatable bonds is 9. The van der Waals surface area contributed by atoms with Crippen LogP contribution in [0.1, 0.15) is 108 Å². The Morgan fingerprint density at radius 3 is 2.19 bits per heavy atom. The average Bonchev–Trinajstić information content (AvgIpc) is 3.08. The van der Waals surface area contributed by atoms with E-state index in [-0.39, 0.29) is 31.3 Å². The van der Waals surface area contributed by atoms with Gasteiger partial charge in [0, 0.05) is 32.0 Å². The molecule has 3 heterocycles. The number of methoxy groups -OCH3 is 1. The fraction of sp³-hybridized carbons (Fsp3) is 0.974. The SMILES string of the molecule is CC[C@H]1OC(=O)[C@H](C)[C@@H](O[C@H]2C[C@@](C)(OC)[C@@H](O)[C@H](C)O2)[C@H](C)[C@@H](O[C@@H]2O[C@H](C)CC[C@H]2O)C(C)(O)C[C@@H](C)CN(CCCN)[C@H](C)[C@H](O)[C@]1(C)O. The molecule has 17 atom stereocenters. The molecule has 0 aromatic heterocycles. The molecule has 0 radical (unpaired) electrons. The zero-order valence-electron chi connectivity index (χ0n) is 33.6. The van der Waals surface area contributed by atoms with E-state index in [1.54, 1.807) is 34.6 Å². The van der Waals surface area contributed by atoms with Crippen molar-refractivity contribution in [2.75, 3.05) is 26.7 Å². The van der Waals surface area contributed by atoms with Gasteiger partial charge in [-0.15, -0.1) is 0 Å². The smallest absolute Gasteiger partial charge is 0.311 e. The van der Waals surface area contributed by atoms with Gasteiger partial charge in [0.25, 0.3) is 0 Å². The van der Waals surface area contributed by atoms with Crippen LogP contribution in [-0.2, 0) is 33.2 Å². The molecule has 0 amide bonds. The average molecular weight is 749 g/mol. The molecule has 52 heavy (non-hydrogen) atoms. The minimum absolute atomic E-state index is 0.135. The van der Waals surface area contributed by atoms with Gasteiger partial charge in [0.15, 0.2) is 12.6 Å². The van der Waals surface area contributed by atoms with Gasteiger partial charge in [0.1, 0.15) is 30.0 Å². The maximum Gasteiger partial charge on any atom is 0.311 e. The van der Waals surface area contributed by atoms with Crippen molar-refractivity contribution in [3.63, 3.8) is 0 Å². The molecule has 3 rings (SSSR count). The van der Waals surface area contributed by atoms with Crippen molar-refractivity contribution in [2.45, 2.75) is 192 Å². The molecule has 0 spiro atoms. The van der Waals surface area contributed by atoms with E-state index in [1.165, 1.54) is 14.0 Å². The van der Waals surface area contributed by atoms with Gasteiger partial charge >= 0.3 is 5.97 Å². The first-order chi connectivity index (χ1) is 24.1. The molecule has 14 nitrogen and oxygen atoms in total. The third-order valence-corrected chi connectivity index (χ3v) is 12.0. The van der Waals surface area contributed by atoms with Crippen molar-refractivity contribution in [3.05, 3.63) is 0 Å². The summed E-state index contributed by atoms with van der Waals surface area (Å²) in [6.07, 6.45) is -6.81. The number of nitrogens with zero attached hydrogens (tertiary/aromatic N) is 1. The van der Waals surface area contributed by atoms with Crippen LogP contribution in [0.3, 0.4) is 0 Å². The van der Waals surface area contributed by atoms with Crippen LogP contribution in [0.4, 0.5) is 0 Å². The number of cyclic esters (lactones) is 1. The minimum atomic E-state index is -1.82. The van der Waals surface area contributed by atoms with E-state index in [1.807, 2.05) is 32.6 Å². The van der Waals surface area contributed by atoms with Gasteiger partial charge in [-0.1, -0.05) is 20.8 Å². The molecule has 0 aromatic carbocycles. The summed E-state index contributed by atoms with van der Waals surface area (Å²) >= 11 is 0. The van der Waals surface area contributed by atoms with E-state index in [9.17, 15) is 30.3 Å². The predicted molar refractivity (Wildman–Crippen MR) is 194 cm³/mol. The number of nitrogens with two attached hydrogens (primary N) is 1. The molecule has 0 bridgehead atoms. The Hall–Kier alpha value is -1.01. The highest BCUT2D eigenvalue weighted by molar-refractivity contribution is 5.73. The molecule has 14 heteroatoms. The first kappa shape index (κ1) is 45.4. The van der Waals surface area contributed by atoms with Gasteiger partial charge in [0.05, 0.1) is 41.5 Å². The quantitative estimate of drug-likeness (QED) is 0.187. The van der Waals surface area contributed by atoms with Crippen molar-refractivity contribution < 1.29 is 58.7 Å². The van der Waals surface area contributed by atoms with Crippen LogP contribution in [0.15, 0.2) is 0 Å². The maximum absolute atomic E-state index is 14.2. The lowest BCUT2D eigenvalue weighted by molar-refractivity contribution is -0.314. The zero-order valence-corrected chi connectivity index (χ0v) is 33.6. The highest BCUT2D eigenvalue weighted by Gasteiger charge is 2.52. The molecule has 0 aromatic rings. The molecular formula is C38H72N2O12. The topological polar surface area (TPSA) is 203 Å². The van der Waals surface area contributed by atoms with Crippen LogP contribution in [0.25, 0.3) is 0 Å². The van der Waals surface area contributed by atoms with E-state index < -0.39 is 96.0 Å². The zero-order chi connectivity index (χ0) is 39.3. The third kappa shape index (κ3) is 10.6. The lowest BCUT2D eigenvalue weighted by Crippen LogP contribution is -2.60. The summed E-state index contributed by atoms with van der Waals surface area (Å²) in [6.45, 7) is 19.0. The Labute approximate surface area is 311 Å². The van der Waals surface area contributed by atoms with Crippen LogP contribution >= 0.6 is 0 Å². The number of hydrogen-bond donors (Lipinski definition) is 6. The first-order valence-electron chi connectivity index (χ1n) is 19.4. The second kappa shape index (κ2) is 18.8. The maximum atomic E-state index is 14.2. The standard InChI is InChI=1S/C38H72N2O12/c1-12-28-38(10,46)31(42)25(6)40(17-13-16-39)20-21(2)18-36(8,45)33(52-35-27(41)15-14-22(3)48-35)23(4)30(24(5)34(44)50-28)51-29-19-37(9,47-11)32(43)26(7)49-29/h21-33,35,41-43,45-46H,12-20,39H2,1-11H3/t21-,22-,23+,24-,25-,26+,27-,28-,29+,30+,31+,32+,33-,35+,36?,37-,38-/m1/s1. The molecule has 3 fully saturated rings. The van der Waals surface area contributed by atoms with E-state index >= 15 is 0 Å². The van der Waals surface area contributed by atoms with E-state index in [2.05, 4.69) is 0 Å². The largest absolute Gasteiger partial charge is 0.459 e. The summed E-state index contributed by atoms with van der Waals surface area (Å²) in [4.78, 5) is 16.3. The highest BCUT2D eigenvalue weighted by Crippen LogP contribution is 2.40. The van der Waals surface area contributed by atoms with Gasteiger partial charge < -0.3 is 59.7 Å². The van der Waals surface area contributed by atoms with Crippen molar-refractivity contribution in [2.24, 2.45) is 23.5 Å². The number of carbonyl (C=O) groups is 1. The fourth-order valence-corrected chi connectivity index (χ4v) is 8.59. The summed E-state index contributed by atoms with van der Waals surface area (Å²) in [5.74, 6) is -2.59. The molecule has 3 aliphatic heterocycles. The molecule has 7 N–H and O–H groups in total. The molecule has 3 saturated heterocycles. The molecular weight excluding hydrogens is 676 g/mol. The first-order valence-corrected chi connectivity index (χ1v) is 19.4. The number of ether oxygens (including phenoxy) is 6. The summed E-state index contributed by atoms with van der Waals surface area (Å²) in [5.41, 5.74) is 1.50. The van der Waals surface area contributed by atoms with Gasteiger partial charge in [-0.3, -0.25) is 9.69 Å². The van der Waals surface area contributed by atoms with Crippen molar-refractivity contribution in [1.82, 2.24) is 4.90 Å². The molecule has 0 aliphatic carbocycles. The van der Waals surface area contributed by atoms with E-state index in [4.69, 9.17) is 34.2 Å². The van der Waals surface area contributed by atoms with Crippen LogP contribution < -0.4 is 5.73 Å². The number of hydrogen-bond acceptors (Lipinski definition) is 14. The molecule has 3 aliphatic rings. The second-order valence-electron chi connectivity index (χ2n) is 16.8. The van der Waals surface area contributed by atoms with Gasteiger partial charge in [-0.05, 0) is 99.6 Å². The Kier molecular flexibility index (Phi) is 16.4. The van der Waals surface area contributed by atoms with Crippen LogP contribution in [0, 0.1) is 17.8 Å². The summed E-state index contributed by atoms with van der Waals surface area (Å²) in [5, 5.41) is 58.0. The van der Waals surface area contributed by atoms with Crippen molar-refractivity contribution in [3.8, 4) is 0 Å². The Morgan fingerprint density at radius 2 is 1.60 bits per heavy atom. The lowest BCUT2D eigenvalue weighted by Gasteiger charge is -2.48. The van der Waals surface area contributed by atoms with E-state index in [0.717, 1.165) is 0 Å². The number of aliphatic hydroxyl groups is 5. The minimum Gasteiger partial charge on any atom is -0.459 e. The van der Waals surface area contributed by atoms with Gasteiger partial charge in [-0.2, -0.15) is 0 Å². The third-order valence-electron chi connectivity index (χ3n) is 12.0. The number of carbonyl (C=O) groups excluding carboxylic acids is 1. The Balaban J connectivity index is 2.17. The second-order valence-corrected chi connectivity index (χ2v) is 16.8. The normalized spacial score (nSPS) is 48.1. The highest BCUT2D eigenvalue weighted by atomic mass is 16.7. The van der Waals surface area contributed by atoms with Crippen molar-refractivity contribution in [1.29, 1.82) is 0 Å². The monoisotopic (exact) mass is 749 g/mol. The Bertz CT molecular complexity index is 1110. The van der Waals surface area contributed by atoms with Gasteiger partial charge in [0.2, 0.25) is 0 Å². The predicted octanol–water partition coefficient (Wildman–Crippen LogP) is 2.08. The Morgan fingerprint density at radius 1 is 0.942 bits per heavy atom. The fourth-order valence-electron chi connectivity index (χ4n) is 8.59. The van der Waals surface area contributed by atoms with Gasteiger partial charge in [-0.25, -0.2) is 0 Å². The van der Waals surface area contributed by atoms with Crippen LogP contribution in [0.5, 0.6) is 0 Å². The summed E-state index contributed by atoms with van der Waals surface area (Å²) < 4.78 is 37.3. The number of aliphatic hydroxyl groups excluding tert-OH is 3. The number of esters is 1. The molecule has 0 saturated carbocycles.